The molecule has 0 bridgehead atoms. The van der Waals surface area contributed by atoms with Crippen LogP contribution in [-0.4, -0.2) is 74.6 Å². The van der Waals surface area contributed by atoms with Crippen LogP contribution in [0.2, 0.25) is 5.02 Å². The van der Waals surface area contributed by atoms with Gasteiger partial charge in [-0.3, -0.25) is 9.59 Å². The predicted molar refractivity (Wildman–Crippen MR) is 134 cm³/mol. The van der Waals surface area contributed by atoms with E-state index in [2.05, 4.69) is 0 Å². The van der Waals surface area contributed by atoms with E-state index in [0.29, 0.717) is 47.9 Å². The number of halogens is 1. The first-order valence-corrected chi connectivity index (χ1v) is 11.7. The van der Waals surface area contributed by atoms with Gasteiger partial charge in [0.15, 0.2) is 11.5 Å². The lowest BCUT2D eigenvalue weighted by Gasteiger charge is -2.27. The number of aliphatic hydroxyl groups is 1. The summed E-state index contributed by atoms with van der Waals surface area (Å²) in [6.45, 7) is 3.30. The number of para-hydroxylation sites is 1. The van der Waals surface area contributed by atoms with E-state index in [9.17, 15) is 14.7 Å². The van der Waals surface area contributed by atoms with Crippen molar-refractivity contribution in [2.24, 2.45) is 0 Å². The number of amides is 1. The average molecular weight is 503 g/mol. The molecule has 0 radical (unpaired) electrons. The Balaban J connectivity index is 2.19. The van der Waals surface area contributed by atoms with Gasteiger partial charge in [0.05, 0.1) is 37.5 Å². The van der Waals surface area contributed by atoms with E-state index in [1.165, 1.54) is 25.2 Å². The van der Waals surface area contributed by atoms with Gasteiger partial charge >= 0.3 is 0 Å². The number of carbonyl (C=O) groups excluding carboxylic acids is 2. The normalized spacial score (nSPS) is 17.2. The van der Waals surface area contributed by atoms with Crippen molar-refractivity contribution in [2.45, 2.75) is 19.4 Å². The molecule has 1 aliphatic heterocycles. The maximum absolute atomic E-state index is 13.3. The largest absolute Gasteiger partial charge is 0.507 e. The van der Waals surface area contributed by atoms with Crippen LogP contribution in [0.1, 0.15) is 30.5 Å². The minimum absolute atomic E-state index is 0.0355. The number of rotatable bonds is 10. The lowest BCUT2D eigenvalue weighted by Crippen LogP contribution is -2.32. The molecule has 35 heavy (non-hydrogen) atoms. The molecule has 1 atom stereocenters. The molecule has 0 aromatic heterocycles. The van der Waals surface area contributed by atoms with Crippen molar-refractivity contribution in [3.8, 4) is 17.2 Å². The smallest absolute Gasteiger partial charge is 0.295 e. The van der Waals surface area contributed by atoms with E-state index in [-0.39, 0.29) is 16.4 Å². The molecule has 1 amide bonds. The number of aliphatic hydroxyl groups excluding tert-OH is 1. The monoisotopic (exact) mass is 502 g/mol. The number of ketones is 1. The van der Waals surface area contributed by atoms with Crippen LogP contribution in [0.3, 0.4) is 0 Å². The van der Waals surface area contributed by atoms with Crippen LogP contribution >= 0.6 is 11.6 Å². The third-order valence-electron chi connectivity index (χ3n) is 5.78. The summed E-state index contributed by atoms with van der Waals surface area (Å²) >= 11 is 6.33. The number of hydrogen-bond donors (Lipinski definition) is 1. The molecule has 188 valence electrons. The Morgan fingerprint density at radius 3 is 2.46 bits per heavy atom. The second kappa shape index (κ2) is 11.5. The van der Waals surface area contributed by atoms with Crippen LogP contribution in [0.4, 0.5) is 0 Å². The summed E-state index contributed by atoms with van der Waals surface area (Å²) in [5, 5.41) is 11.6. The summed E-state index contributed by atoms with van der Waals surface area (Å²) in [5.41, 5.74) is 0.803. The van der Waals surface area contributed by atoms with Crippen LogP contribution in [0.25, 0.3) is 5.76 Å². The first-order chi connectivity index (χ1) is 16.7. The van der Waals surface area contributed by atoms with E-state index in [1.54, 1.807) is 30.3 Å². The number of methoxy groups -OCH3 is 2. The summed E-state index contributed by atoms with van der Waals surface area (Å²) in [6.07, 6.45) is 0.637. The number of ether oxygens (including phenoxy) is 3. The molecule has 1 aliphatic rings. The fraction of sp³-hybridized carbons (Fsp3) is 0.385. The van der Waals surface area contributed by atoms with Gasteiger partial charge < -0.3 is 29.1 Å². The standard InChI is InChI=1S/C26H31ClN2O6/c1-6-35-19-12-11-16(15-18(19)27)23(30)21-22(17-9-7-10-20(33-4)25(17)34-5)29(26(32)24(21)31)14-8-13-28(2)3/h7,9-12,15,22,30H,6,8,13-14H2,1-5H3/t22-/m0/s1. The van der Waals surface area contributed by atoms with E-state index >= 15 is 0 Å². The molecule has 0 unspecified atom stereocenters. The van der Waals surface area contributed by atoms with Crippen LogP contribution in [-0.2, 0) is 9.59 Å². The Morgan fingerprint density at radius 2 is 1.86 bits per heavy atom. The van der Waals surface area contributed by atoms with Gasteiger partial charge in [-0.25, -0.2) is 0 Å². The number of hydrogen-bond acceptors (Lipinski definition) is 7. The Labute approximate surface area is 210 Å². The summed E-state index contributed by atoms with van der Waals surface area (Å²) in [5.74, 6) is -0.480. The number of likely N-dealkylation sites (tertiary alicyclic amines) is 1. The maximum atomic E-state index is 13.3. The van der Waals surface area contributed by atoms with Crippen LogP contribution in [0.5, 0.6) is 17.2 Å². The van der Waals surface area contributed by atoms with Gasteiger partial charge in [0.1, 0.15) is 11.5 Å². The van der Waals surface area contributed by atoms with Gasteiger partial charge in [0.25, 0.3) is 11.7 Å². The zero-order valence-electron chi connectivity index (χ0n) is 20.6. The van der Waals surface area contributed by atoms with E-state index in [1.807, 2.05) is 25.9 Å². The molecule has 0 aliphatic carbocycles. The molecule has 3 rings (SSSR count). The fourth-order valence-corrected chi connectivity index (χ4v) is 4.43. The van der Waals surface area contributed by atoms with Gasteiger partial charge in [0, 0.05) is 17.7 Å². The quantitative estimate of drug-likeness (QED) is 0.297. The molecule has 2 aromatic carbocycles. The van der Waals surface area contributed by atoms with Crippen molar-refractivity contribution in [3.05, 3.63) is 58.1 Å². The minimum Gasteiger partial charge on any atom is -0.507 e. The van der Waals surface area contributed by atoms with Crippen molar-refractivity contribution >= 4 is 29.1 Å². The number of carbonyl (C=O) groups is 2. The third-order valence-corrected chi connectivity index (χ3v) is 6.07. The number of nitrogens with zero attached hydrogens (tertiary/aromatic N) is 2. The van der Waals surface area contributed by atoms with E-state index in [4.69, 9.17) is 25.8 Å². The van der Waals surface area contributed by atoms with Gasteiger partial charge in [-0.15, -0.1) is 0 Å². The van der Waals surface area contributed by atoms with Gasteiger partial charge in [-0.05, 0) is 58.3 Å². The molecule has 1 saturated heterocycles. The Hall–Kier alpha value is -3.23. The Bertz CT molecular complexity index is 1130. The maximum Gasteiger partial charge on any atom is 0.295 e. The van der Waals surface area contributed by atoms with Crippen LogP contribution in [0.15, 0.2) is 42.0 Å². The molecule has 9 heteroatoms. The molecule has 1 N–H and O–H groups in total. The summed E-state index contributed by atoms with van der Waals surface area (Å²) in [6, 6.07) is 9.11. The molecular weight excluding hydrogens is 472 g/mol. The lowest BCUT2D eigenvalue weighted by atomic mass is 9.94. The highest BCUT2D eigenvalue weighted by Gasteiger charge is 2.47. The number of benzene rings is 2. The summed E-state index contributed by atoms with van der Waals surface area (Å²) < 4.78 is 16.5. The lowest BCUT2D eigenvalue weighted by molar-refractivity contribution is -0.140. The van der Waals surface area contributed by atoms with Crippen molar-refractivity contribution < 1.29 is 28.9 Å². The molecule has 8 nitrogen and oxygen atoms in total. The van der Waals surface area contributed by atoms with E-state index in [0.717, 1.165) is 6.54 Å². The molecule has 1 heterocycles. The third kappa shape index (κ3) is 5.39. The minimum atomic E-state index is -0.868. The fourth-order valence-electron chi connectivity index (χ4n) is 4.19. The highest BCUT2D eigenvalue weighted by atomic mass is 35.5. The van der Waals surface area contributed by atoms with Crippen molar-refractivity contribution in [3.63, 3.8) is 0 Å². The number of Topliss-reactive ketones (excluding diaryl/α,β-unsaturated/α-hetero) is 1. The molecule has 2 aromatic rings. The van der Waals surface area contributed by atoms with Crippen molar-refractivity contribution in [1.82, 2.24) is 9.80 Å². The first-order valence-electron chi connectivity index (χ1n) is 11.3. The van der Waals surface area contributed by atoms with Gasteiger partial charge in [-0.2, -0.15) is 0 Å². The highest BCUT2D eigenvalue weighted by molar-refractivity contribution is 6.46. The highest BCUT2D eigenvalue weighted by Crippen LogP contribution is 2.45. The SMILES string of the molecule is CCOc1ccc(C(O)=C2C(=O)C(=O)N(CCCN(C)C)[C@H]2c2cccc(OC)c2OC)cc1Cl. The summed E-state index contributed by atoms with van der Waals surface area (Å²) in [7, 11) is 6.88. The Kier molecular flexibility index (Phi) is 8.64. The van der Waals surface area contributed by atoms with Crippen LogP contribution < -0.4 is 14.2 Å². The van der Waals surface area contributed by atoms with Crippen molar-refractivity contribution in [1.29, 1.82) is 0 Å². The Morgan fingerprint density at radius 1 is 1.11 bits per heavy atom. The average Bonchev–Trinajstić information content (AvgIpc) is 3.09. The first kappa shape index (κ1) is 26.4. The second-order valence-electron chi connectivity index (χ2n) is 8.31. The topological polar surface area (TPSA) is 88.5 Å². The zero-order valence-corrected chi connectivity index (χ0v) is 21.4. The summed E-state index contributed by atoms with van der Waals surface area (Å²) in [4.78, 5) is 29.9. The molecular formula is C26H31ClN2O6. The molecule has 1 fully saturated rings. The van der Waals surface area contributed by atoms with Crippen molar-refractivity contribution in [2.75, 3.05) is 48.0 Å². The second-order valence-corrected chi connectivity index (χ2v) is 8.72. The van der Waals surface area contributed by atoms with Gasteiger partial charge in [-0.1, -0.05) is 23.7 Å². The molecule has 0 spiro atoms. The van der Waals surface area contributed by atoms with Gasteiger partial charge in [0.2, 0.25) is 0 Å². The van der Waals surface area contributed by atoms with E-state index < -0.39 is 17.7 Å². The zero-order chi connectivity index (χ0) is 25.7. The predicted octanol–water partition coefficient (Wildman–Crippen LogP) is 4.13. The van der Waals surface area contributed by atoms with Crippen LogP contribution in [0, 0.1) is 0 Å². The molecule has 0 saturated carbocycles.